The largest absolute Gasteiger partial charge is 0.317 e. The number of nitrogens with zero attached hydrogens (tertiary/aromatic N) is 1. The molecule has 1 aliphatic rings. The lowest BCUT2D eigenvalue weighted by molar-refractivity contribution is 0.229. The molecule has 1 N–H and O–H groups in total. The third-order valence-electron chi connectivity index (χ3n) is 2.78. The summed E-state index contributed by atoms with van der Waals surface area (Å²) in [6, 6.07) is 0.739. The molecule has 2 heteroatoms. The van der Waals surface area contributed by atoms with Gasteiger partial charge in [0.15, 0.2) is 0 Å². The molecule has 0 aromatic heterocycles. The first-order chi connectivity index (χ1) is 6.34. The molecule has 1 rings (SSSR count). The topological polar surface area (TPSA) is 15.3 Å². The summed E-state index contributed by atoms with van der Waals surface area (Å²) in [5, 5.41) is 3.42. The third kappa shape index (κ3) is 3.80. The Morgan fingerprint density at radius 1 is 1.46 bits per heavy atom. The Kier molecular flexibility index (Phi) is 4.88. The lowest BCUT2D eigenvalue weighted by Crippen LogP contribution is -2.33. The summed E-state index contributed by atoms with van der Waals surface area (Å²) in [5.41, 5.74) is 0. The average Bonchev–Trinajstić information content (AvgIpc) is 2.42. The Morgan fingerprint density at radius 2 is 2.31 bits per heavy atom. The Balaban J connectivity index is 2.27. The van der Waals surface area contributed by atoms with E-state index in [2.05, 4.69) is 23.2 Å². The molecule has 1 heterocycles. The zero-order valence-corrected chi connectivity index (χ0v) is 8.55. The number of hydrogen-bond acceptors (Lipinski definition) is 2. The van der Waals surface area contributed by atoms with Gasteiger partial charge >= 0.3 is 0 Å². The predicted octanol–water partition coefficient (Wildman–Crippen LogP) is 1.08. The molecular formula is C11H20N2. The first kappa shape index (κ1) is 10.6. The summed E-state index contributed by atoms with van der Waals surface area (Å²) in [6.07, 6.45) is 10.00. The van der Waals surface area contributed by atoms with Gasteiger partial charge in [-0.3, -0.25) is 0 Å². The van der Waals surface area contributed by atoms with Gasteiger partial charge in [-0.25, -0.2) is 0 Å². The van der Waals surface area contributed by atoms with Gasteiger partial charge in [-0.2, -0.15) is 0 Å². The van der Waals surface area contributed by atoms with Crippen molar-refractivity contribution in [3.8, 4) is 12.3 Å². The van der Waals surface area contributed by atoms with Crippen molar-refractivity contribution >= 4 is 0 Å². The minimum Gasteiger partial charge on any atom is -0.317 e. The SMILES string of the molecule is C#CCCN(C)C1CCCNCC1. The van der Waals surface area contributed by atoms with Crippen LogP contribution < -0.4 is 5.32 Å². The smallest absolute Gasteiger partial charge is 0.0214 e. The summed E-state index contributed by atoms with van der Waals surface area (Å²) < 4.78 is 0. The standard InChI is InChI=1S/C11H20N2/c1-3-4-10-13(2)11-6-5-8-12-9-7-11/h1,11-12H,4-10H2,2H3. The van der Waals surface area contributed by atoms with E-state index in [9.17, 15) is 0 Å². The summed E-state index contributed by atoms with van der Waals surface area (Å²) in [5.74, 6) is 2.70. The van der Waals surface area contributed by atoms with Crippen LogP contribution in [-0.2, 0) is 0 Å². The predicted molar refractivity (Wildman–Crippen MR) is 56.6 cm³/mol. The van der Waals surface area contributed by atoms with Crippen molar-refractivity contribution < 1.29 is 0 Å². The fourth-order valence-corrected chi connectivity index (χ4v) is 1.86. The molecule has 13 heavy (non-hydrogen) atoms. The van der Waals surface area contributed by atoms with Crippen LogP contribution in [0.15, 0.2) is 0 Å². The highest BCUT2D eigenvalue weighted by Crippen LogP contribution is 2.11. The van der Waals surface area contributed by atoms with Crippen molar-refractivity contribution in [2.24, 2.45) is 0 Å². The van der Waals surface area contributed by atoms with E-state index in [1.165, 1.54) is 25.8 Å². The quantitative estimate of drug-likeness (QED) is 0.654. The Bertz CT molecular complexity index is 163. The maximum absolute atomic E-state index is 5.25. The van der Waals surface area contributed by atoms with E-state index in [1.54, 1.807) is 0 Å². The van der Waals surface area contributed by atoms with E-state index in [0.29, 0.717) is 0 Å². The number of terminal acetylenes is 1. The Labute approximate surface area is 81.7 Å². The van der Waals surface area contributed by atoms with Gasteiger partial charge in [-0.05, 0) is 39.4 Å². The van der Waals surface area contributed by atoms with Gasteiger partial charge in [0.25, 0.3) is 0 Å². The van der Waals surface area contributed by atoms with Crippen molar-refractivity contribution in [3.63, 3.8) is 0 Å². The minimum atomic E-state index is 0.739. The molecule has 1 saturated heterocycles. The van der Waals surface area contributed by atoms with Crippen LogP contribution in [0.5, 0.6) is 0 Å². The molecule has 0 aliphatic carbocycles. The summed E-state index contributed by atoms with van der Waals surface area (Å²) in [4.78, 5) is 2.41. The molecule has 0 spiro atoms. The molecule has 0 aromatic rings. The third-order valence-corrected chi connectivity index (χ3v) is 2.78. The van der Waals surface area contributed by atoms with Crippen molar-refractivity contribution in [3.05, 3.63) is 0 Å². The highest BCUT2D eigenvalue weighted by molar-refractivity contribution is 4.85. The zero-order valence-electron chi connectivity index (χ0n) is 8.55. The maximum atomic E-state index is 5.25. The fourth-order valence-electron chi connectivity index (χ4n) is 1.86. The van der Waals surface area contributed by atoms with Crippen molar-refractivity contribution in [2.75, 3.05) is 26.7 Å². The van der Waals surface area contributed by atoms with Crippen LogP contribution in [0, 0.1) is 12.3 Å². The van der Waals surface area contributed by atoms with Gasteiger partial charge in [-0.1, -0.05) is 0 Å². The van der Waals surface area contributed by atoms with E-state index in [4.69, 9.17) is 6.42 Å². The van der Waals surface area contributed by atoms with E-state index < -0.39 is 0 Å². The van der Waals surface area contributed by atoms with E-state index in [-0.39, 0.29) is 0 Å². The first-order valence-electron chi connectivity index (χ1n) is 5.19. The van der Waals surface area contributed by atoms with Crippen LogP contribution >= 0.6 is 0 Å². The van der Waals surface area contributed by atoms with Gasteiger partial charge < -0.3 is 10.2 Å². The van der Waals surface area contributed by atoms with Crippen molar-refractivity contribution in [1.82, 2.24) is 10.2 Å². The van der Waals surface area contributed by atoms with Gasteiger partial charge in [-0.15, -0.1) is 12.3 Å². The second-order valence-electron chi connectivity index (χ2n) is 3.77. The molecule has 1 fully saturated rings. The molecule has 2 nitrogen and oxygen atoms in total. The summed E-state index contributed by atoms with van der Waals surface area (Å²) in [7, 11) is 2.19. The minimum absolute atomic E-state index is 0.739. The lowest BCUT2D eigenvalue weighted by atomic mass is 10.1. The van der Waals surface area contributed by atoms with Crippen molar-refractivity contribution in [1.29, 1.82) is 0 Å². The Morgan fingerprint density at radius 3 is 3.08 bits per heavy atom. The van der Waals surface area contributed by atoms with Gasteiger partial charge in [0.2, 0.25) is 0 Å². The number of nitrogens with one attached hydrogen (secondary N) is 1. The fraction of sp³-hybridized carbons (Fsp3) is 0.818. The van der Waals surface area contributed by atoms with Crippen LogP contribution in [0.4, 0.5) is 0 Å². The first-order valence-corrected chi connectivity index (χ1v) is 5.19. The normalized spacial score (nSPS) is 23.9. The average molecular weight is 180 g/mol. The molecular weight excluding hydrogens is 160 g/mol. The van der Waals surface area contributed by atoms with E-state index in [0.717, 1.165) is 25.6 Å². The maximum Gasteiger partial charge on any atom is 0.0214 e. The summed E-state index contributed by atoms with van der Waals surface area (Å²) in [6.45, 7) is 3.38. The molecule has 0 radical (unpaired) electrons. The number of hydrogen-bond donors (Lipinski definition) is 1. The molecule has 0 amide bonds. The highest BCUT2D eigenvalue weighted by Gasteiger charge is 2.15. The molecule has 0 bridgehead atoms. The van der Waals surface area contributed by atoms with Gasteiger partial charge in [0.1, 0.15) is 0 Å². The second kappa shape index (κ2) is 6.01. The number of rotatable bonds is 3. The van der Waals surface area contributed by atoms with Crippen LogP contribution in [0.3, 0.4) is 0 Å². The van der Waals surface area contributed by atoms with Crippen LogP contribution in [-0.4, -0.2) is 37.6 Å². The molecule has 0 aromatic carbocycles. The molecule has 0 saturated carbocycles. The second-order valence-corrected chi connectivity index (χ2v) is 3.77. The molecule has 74 valence electrons. The van der Waals surface area contributed by atoms with Crippen LogP contribution in [0.25, 0.3) is 0 Å². The van der Waals surface area contributed by atoms with Crippen LogP contribution in [0.2, 0.25) is 0 Å². The molecule has 1 aliphatic heterocycles. The summed E-state index contributed by atoms with van der Waals surface area (Å²) >= 11 is 0. The molecule has 1 unspecified atom stereocenters. The zero-order chi connectivity index (χ0) is 9.52. The van der Waals surface area contributed by atoms with Crippen LogP contribution in [0.1, 0.15) is 25.7 Å². The lowest BCUT2D eigenvalue weighted by Gasteiger charge is -2.25. The van der Waals surface area contributed by atoms with Crippen molar-refractivity contribution in [2.45, 2.75) is 31.7 Å². The van der Waals surface area contributed by atoms with E-state index in [1.807, 2.05) is 0 Å². The Hall–Kier alpha value is -0.520. The van der Waals surface area contributed by atoms with Gasteiger partial charge in [0.05, 0.1) is 0 Å². The highest BCUT2D eigenvalue weighted by atomic mass is 15.1. The van der Waals surface area contributed by atoms with E-state index >= 15 is 0 Å². The monoisotopic (exact) mass is 180 g/mol. The molecule has 1 atom stereocenters. The van der Waals surface area contributed by atoms with Gasteiger partial charge in [0, 0.05) is 19.0 Å².